The smallest absolute Gasteiger partial charge is 0.276 e. The zero-order valence-corrected chi connectivity index (χ0v) is 13.8. The molecule has 2 aromatic rings. The number of carbonyl (C=O) groups is 1. The lowest BCUT2D eigenvalue weighted by Gasteiger charge is -2.17. The number of anilines is 1. The largest absolute Gasteiger partial charge is 0.381 e. The number of hydrogen-bond donors (Lipinski definition) is 0. The van der Waals surface area contributed by atoms with Gasteiger partial charge in [-0.15, -0.1) is 0 Å². The van der Waals surface area contributed by atoms with E-state index in [-0.39, 0.29) is 5.91 Å². The second kappa shape index (κ2) is 7.95. The molecule has 22 heavy (non-hydrogen) atoms. The molecule has 0 radical (unpaired) electrons. The van der Waals surface area contributed by atoms with Crippen molar-refractivity contribution in [2.45, 2.75) is 12.1 Å². The lowest BCUT2D eigenvalue weighted by Crippen LogP contribution is -2.28. The first-order chi connectivity index (χ1) is 10.6. The molecule has 0 fully saturated rings. The number of nitrogens with zero attached hydrogens (tertiary/aromatic N) is 4. The van der Waals surface area contributed by atoms with Gasteiger partial charge in [0.25, 0.3) is 5.91 Å². The minimum absolute atomic E-state index is 0.111. The van der Waals surface area contributed by atoms with Crippen LogP contribution >= 0.6 is 11.8 Å². The van der Waals surface area contributed by atoms with Crippen LogP contribution in [0.15, 0.2) is 35.9 Å². The first-order valence-corrected chi connectivity index (χ1v) is 8.04. The average Bonchev–Trinajstić information content (AvgIpc) is 2.92. The summed E-state index contributed by atoms with van der Waals surface area (Å²) in [4.78, 5) is 22.5. The van der Waals surface area contributed by atoms with E-state index in [1.54, 1.807) is 48.4 Å². The molecule has 2 rings (SSSR count). The van der Waals surface area contributed by atoms with E-state index in [1.165, 1.54) is 0 Å². The van der Waals surface area contributed by atoms with E-state index in [0.29, 0.717) is 18.9 Å². The Balaban J connectivity index is 2.06. The van der Waals surface area contributed by atoms with Crippen molar-refractivity contribution in [1.82, 2.24) is 14.5 Å². The quantitative estimate of drug-likeness (QED) is 0.578. The summed E-state index contributed by atoms with van der Waals surface area (Å²) in [5, 5.41) is 0.808. The minimum Gasteiger partial charge on any atom is -0.381 e. The Morgan fingerprint density at radius 1 is 1.45 bits per heavy atom. The van der Waals surface area contributed by atoms with Gasteiger partial charge in [0.15, 0.2) is 5.16 Å². The number of rotatable bonds is 7. The lowest BCUT2D eigenvalue weighted by atomic mass is 10.3. The molecular weight excluding hydrogens is 300 g/mol. The van der Waals surface area contributed by atoms with Gasteiger partial charge < -0.3 is 14.2 Å². The van der Waals surface area contributed by atoms with Crippen LogP contribution in [0.25, 0.3) is 0 Å². The summed E-state index contributed by atoms with van der Waals surface area (Å²) < 4.78 is 7.12. The predicted molar refractivity (Wildman–Crippen MR) is 87.4 cm³/mol. The van der Waals surface area contributed by atoms with Crippen molar-refractivity contribution in [3.63, 3.8) is 0 Å². The van der Waals surface area contributed by atoms with Crippen LogP contribution in [0.5, 0.6) is 0 Å². The van der Waals surface area contributed by atoms with Crippen LogP contribution in [-0.2, 0) is 11.8 Å². The molecular formula is C15H20N4O2S. The zero-order chi connectivity index (χ0) is 15.9. The molecule has 0 aliphatic heterocycles. The maximum Gasteiger partial charge on any atom is 0.276 e. The molecule has 2 aromatic heterocycles. The van der Waals surface area contributed by atoms with Gasteiger partial charge in [0.2, 0.25) is 0 Å². The van der Waals surface area contributed by atoms with Crippen LogP contribution in [0, 0.1) is 0 Å². The monoisotopic (exact) mass is 320 g/mol. The Morgan fingerprint density at radius 3 is 2.95 bits per heavy atom. The van der Waals surface area contributed by atoms with Gasteiger partial charge in [0, 0.05) is 32.7 Å². The molecule has 0 aliphatic carbocycles. The Bertz CT molecular complexity index is 615. The summed E-state index contributed by atoms with van der Waals surface area (Å²) in [5.41, 5.74) is 1.30. The van der Waals surface area contributed by atoms with Crippen LogP contribution in [-0.4, -0.2) is 46.5 Å². The maximum atomic E-state index is 12.6. The SMILES string of the molecule is CCOCCSc1ncc(C(=O)N(C)c2cccnc2)n1C. The molecule has 118 valence electrons. The van der Waals surface area contributed by atoms with Crippen molar-refractivity contribution < 1.29 is 9.53 Å². The minimum atomic E-state index is -0.111. The van der Waals surface area contributed by atoms with E-state index < -0.39 is 0 Å². The molecule has 0 N–H and O–H groups in total. The fourth-order valence-electron chi connectivity index (χ4n) is 1.90. The van der Waals surface area contributed by atoms with Crippen LogP contribution in [0.1, 0.15) is 17.4 Å². The summed E-state index contributed by atoms with van der Waals surface area (Å²) in [6.07, 6.45) is 4.95. The van der Waals surface area contributed by atoms with Crippen molar-refractivity contribution in [3.05, 3.63) is 36.4 Å². The Kier molecular flexibility index (Phi) is 5.97. The molecule has 0 saturated carbocycles. The number of amides is 1. The average molecular weight is 320 g/mol. The molecule has 2 heterocycles. The topological polar surface area (TPSA) is 60.2 Å². The molecule has 7 heteroatoms. The van der Waals surface area contributed by atoms with Crippen LogP contribution in [0.3, 0.4) is 0 Å². The molecule has 0 bridgehead atoms. The highest BCUT2D eigenvalue weighted by molar-refractivity contribution is 7.99. The van der Waals surface area contributed by atoms with E-state index in [1.807, 2.05) is 24.6 Å². The third-order valence-corrected chi connectivity index (χ3v) is 4.17. The third-order valence-electron chi connectivity index (χ3n) is 3.17. The number of hydrogen-bond acceptors (Lipinski definition) is 5. The van der Waals surface area contributed by atoms with E-state index in [0.717, 1.165) is 16.6 Å². The second-order valence-electron chi connectivity index (χ2n) is 4.61. The third kappa shape index (κ3) is 3.86. The summed E-state index contributed by atoms with van der Waals surface area (Å²) in [6.45, 7) is 3.35. The first kappa shape index (κ1) is 16.5. The van der Waals surface area contributed by atoms with Gasteiger partial charge in [-0.2, -0.15) is 0 Å². The number of carbonyl (C=O) groups excluding carboxylic acids is 1. The summed E-state index contributed by atoms with van der Waals surface area (Å²) >= 11 is 1.58. The molecule has 0 saturated heterocycles. The Morgan fingerprint density at radius 2 is 2.27 bits per heavy atom. The zero-order valence-electron chi connectivity index (χ0n) is 13.0. The van der Waals surface area contributed by atoms with Gasteiger partial charge in [-0.05, 0) is 19.1 Å². The normalized spacial score (nSPS) is 10.7. The van der Waals surface area contributed by atoms with Crippen molar-refractivity contribution in [1.29, 1.82) is 0 Å². The van der Waals surface area contributed by atoms with Crippen molar-refractivity contribution in [3.8, 4) is 0 Å². The van der Waals surface area contributed by atoms with E-state index in [4.69, 9.17) is 4.74 Å². The molecule has 0 spiro atoms. The van der Waals surface area contributed by atoms with Gasteiger partial charge in [0.05, 0.1) is 24.7 Å². The lowest BCUT2D eigenvalue weighted by molar-refractivity contribution is 0.0984. The van der Waals surface area contributed by atoms with Gasteiger partial charge in [-0.1, -0.05) is 11.8 Å². The van der Waals surface area contributed by atoms with Crippen molar-refractivity contribution in [2.75, 3.05) is 30.9 Å². The molecule has 6 nitrogen and oxygen atoms in total. The van der Waals surface area contributed by atoms with Crippen LogP contribution in [0.4, 0.5) is 5.69 Å². The first-order valence-electron chi connectivity index (χ1n) is 7.05. The standard InChI is InChI=1S/C15H20N4O2S/c1-4-21-8-9-22-15-17-11-13(19(15)3)14(20)18(2)12-6-5-7-16-10-12/h5-7,10-11H,4,8-9H2,1-3H3. The maximum absolute atomic E-state index is 12.6. The molecule has 0 aliphatic rings. The van der Waals surface area contributed by atoms with Gasteiger partial charge in [-0.25, -0.2) is 4.98 Å². The van der Waals surface area contributed by atoms with Crippen molar-refractivity contribution in [2.24, 2.45) is 7.05 Å². The van der Waals surface area contributed by atoms with Gasteiger partial charge >= 0.3 is 0 Å². The van der Waals surface area contributed by atoms with Crippen LogP contribution in [0.2, 0.25) is 0 Å². The molecule has 0 unspecified atom stereocenters. The number of ether oxygens (including phenoxy) is 1. The Hall–Kier alpha value is -1.86. The summed E-state index contributed by atoms with van der Waals surface area (Å²) in [6, 6.07) is 3.65. The fraction of sp³-hybridized carbons (Fsp3) is 0.400. The number of imidazole rings is 1. The second-order valence-corrected chi connectivity index (χ2v) is 5.67. The highest BCUT2D eigenvalue weighted by Gasteiger charge is 2.19. The highest BCUT2D eigenvalue weighted by atomic mass is 32.2. The summed E-state index contributed by atoms with van der Waals surface area (Å²) in [7, 11) is 3.58. The van der Waals surface area contributed by atoms with E-state index in [9.17, 15) is 4.79 Å². The number of pyridine rings is 1. The van der Waals surface area contributed by atoms with Gasteiger partial charge in [0.1, 0.15) is 5.69 Å². The van der Waals surface area contributed by atoms with E-state index in [2.05, 4.69) is 9.97 Å². The van der Waals surface area contributed by atoms with Gasteiger partial charge in [-0.3, -0.25) is 9.78 Å². The molecule has 0 aromatic carbocycles. The van der Waals surface area contributed by atoms with Crippen LogP contribution < -0.4 is 4.90 Å². The molecule has 1 amide bonds. The predicted octanol–water partition coefficient (Wildman–Crippen LogP) is 2.22. The van der Waals surface area contributed by atoms with E-state index >= 15 is 0 Å². The fourth-order valence-corrected chi connectivity index (χ4v) is 2.71. The van der Waals surface area contributed by atoms with Crippen molar-refractivity contribution >= 4 is 23.4 Å². The molecule has 0 atom stereocenters. The Labute approximate surface area is 134 Å². The highest BCUT2D eigenvalue weighted by Crippen LogP contribution is 2.19. The number of thioether (sulfide) groups is 1. The number of aromatic nitrogens is 3. The summed E-state index contributed by atoms with van der Waals surface area (Å²) in [5.74, 6) is 0.699.